The van der Waals surface area contributed by atoms with Crippen molar-refractivity contribution in [1.29, 1.82) is 0 Å². The van der Waals surface area contributed by atoms with E-state index in [0.29, 0.717) is 24.5 Å². The van der Waals surface area contributed by atoms with Crippen LogP contribution in [0, 0.1) is 5.82 Å². The van der Waals surface area contributed by atoms with E-state index in [0.717, 1.165) is 12.8 Å². The molecule has 1 aromatic carbocycles. The van der Waals surface area contributed by atoms with Crippen molar-refractivity contribution in [1.82, 2.24) is 10.3 Å². The summed E-state index contributed by atoms with van der Waals surface area (Å²) in [6.45, 7) is 2.89. The molecule has 0 radical (unpaired) electrons. The first-order valence-corrected chi connectivity index (χ1v) is 9.89. The molecular formula is C20H21Cl2FN2O4. The normalized spacial score (nSPS) is 15.6. The highest BCUT2D eigenvalue weighted by Crippen LogP contribution is 2.35. The third-order valence-corrected chi connectivity index (χ3v) is 5.33. The third kappa shape index (κ3) is 5.10. The number of carbonyl (C=O) groups excluding carboxylic acids is 1. The number of methoxy groups -OCH3 is 1. The van der Waals surface area contributed by atoms with Gasteiger partial charge in [0.05, 0.1) is 18.3 Å². The predicted octanol–water partition coefficient (Wildman–Crippen LogP) is 4.58. The van der Waals surface area contributed by atoms with Crippen molar-refractivity contribution < 1.29 is 23.4 Å². The summed E-state index contributed by atoms with van der Waals surface area (Å²) < 4.78 is 30.2. The number of rotatable bonds is 6. The number of pyridine rings is 1. The molecule has 6 nitrogen and oxygen atoms in total. The largest absolute Gasteiger partial charge is 0.484 e. The van der Waals surface area contributed by atoms with Gasteiger partial charge in [0.1, 0.15) is 23.2 Å². The molecule has 0 spiro atoms. The Hall–Kier alpha value is -2.09. The average molecular weight is 443 g/mol. The number of aromatic nitrogens is 1. The maximum atomic E-state index is 13.8. The van der Waals surface area contributed by atoms with Crippen LogP contribution < -0.4 is 14.8 Å². The Balaban J connectivity index is 1.81. The van der Waals surface area contributed by atoms with Crippen LogP contribution in [0.3, 0.4) is 0 Å². The molecule has 0 unspecified atom stereocenters. The van der Waals surface area contributed by atoms with Gasteiger partial charge in [0, 0.05) is 29.8 Å². The highest BCUT2D eigenvalue weighted by molar-refractivity contribution is 6.36. The maximum Gasteiger partial charge on any atom is 0.257 e. The van der Waals surface area contributed by atoms with Crippen LogP contribution in [0.4, 0.5) is 4.39 Å². The van der Waals surface area contributed by atoms with Gasteiger partial charge in [-0.15, -0.1) is 0 Å². The Morgan fingerprint density at radius 1 is 1.34 bits per heavy atom. The summed E-state index contributed by atoms with van der Waals surface area (Å²) in [5.41, 5.74) is 0.553. The summed E-state index contributed by atoms with van der Waals surface area (Å²) in [5.74, 6) is -0.435. The number of nitrogens with one attached hydrogen (secondary N) is 1. The summed E-state index contributed by atoms with van der Waals surface area (Å²) in [4.78, 5) is 16.9. The molecule has 29 heavy (non-hydrogen) atoms. The first kappa shape index (κ1) is 21.6. The van der Waals surface area contributed by atoms with E-state index in [1.165, 1.54) is 31.5 Å². The van der Waals surface area contributed by atoms with E-state index in [2.05, 4.69) is 10.3 Å². The van der Waals surface area contributed by atoms with Gasteiger partial charge in [0.25, 0.3) is 5.91 Å². The van der Waals surface area contributed by atoms with E-state index in [-0.39, 0.29) is 33.4 Å². The van der Waals surface area contributed by atoms with E-state index in [1.807, 2.05) is 0 Å². The molecule has 1 N–H and O–H groups in total. The summed E-state index contributed by atoms with van der Waals surface area (Å²) in [6, 6.07) is 4.15. The minimum absolute atomic E-state index is 0.0226. The Kier molecular flexibility index (Phi) is 7.16. The summed E-state index contributed by atoms with van der Waals surface area (Å²) >= 11 is 12.2. The van der Waals surface area contributed by atoms with Crippen molar-refractivity contribution in [2.75, 3.05) is 20.3 Å². The van der Waals surface area contributed by atoms with Gasteiger partial charge in [-0.2, -0.15) is 0 Å². The molecule has 0 aliphatic carbocycles. The van der Waals surface area contributed by atoms with Crippen molar-refractivity contribution in [3.8, 4) is 11.6 Å². The van der Waals surface area contributed by atoms with Crippen LogP contribution in [0.15, 0.2) is 24.4 Å². The highest BCUT2D eigenvalue weighted by Gasteiger charge is 2.23. The molecule has 1 amide bonds. The van der Waals surface area contributed by atoms with E-state index in [1.54, 1.807) is 6.92 Å². The van der Waals surface area contributed by atoms with Crippen molar-refractivity contribution in [3.63, 3.8) is 0 Å². The van der Waals surface area contributed by atoms with Crippen LogP contribution >= 0.6 is 23.2 Å². The minimum atomic E-state index is -0.674. The average Bonchev–Trinajstić information content (AvgIpc) is 2.71. The van der Waals surface area contributed by atoms with Crippen LogP contribution in [0.2, 0.25) is 10.0 Å². The molecule has 0 bridgehead atoms. The number of hydrogen-bond donors (Lipinski definition) is 1. The molecule has 156 valence electrons. The van der Waals surface area contributed by atoms with Crippen LogP contribution in [-0.4, -0.2) is 37.3 Å². The molecule has 0 saturated carbocycles. The molecule has 1 fully saturated rings. The standard InChI is InChI=1S/C20H21Cl2FN2O4/c1-11(17-15(21)3-4-16(23)18(17)22)29-13-9-14(20(27-2)24-10-13)19(26)25-12-5-7-28-8-6-12/h3-4,9-12H,5-8H2,1-2H3,(H,25,26)/t11-/m1/s1. The lowest BCUT2D eigenvalue weighted by atomic mass is 10.1. The van der Waals surface area contributed by atoms with Crippen LogP contribution in [0.1, 0.15) is 41.8 Å². The zero-order valence-corrected chi connectivity index (χ0v) is 17.5. The fourth-order valence-corrected chi connectivity index (χ4v) is 3.78. The van der Waals surface area contributed by atoms with E-state index in [9.17, 15) is 9.18 Å². The number of carbonyl (C=O) groups is 1. The predicted molar refractivity (Wildman–Crippen MR) is 108 cm³/mol. The van der Waals surface area contributed by atoms with Gasteiger partial charge in [-0.25, -0.2) is 9.37 Å². The summed E-state index contributed by atoms with van der Waals surface area (Å²) in [6.07, 6.45) is 2.23. The fraction of sp³-hybridized carbons (Fsp3) is 0.400. The van der Waals surface area contributed by atoms with Crippen molar-refractivity contribution in [3.05, 3.63) is 51.4 Å². The third-order valence-electron chi connectivity index (χ3n) is 4.62. The van der Waals surface area contributed by atoms with Crippen LogP contribution in [0.25, 0.3) is 0 Å². The van der Waals surface area contributed by atoms with Crippen LogP contribution in [-0.2, 0) is 4.74 Å². The van der Waals surface area contributed by atoms with Gasteiger partial charge in [-0.3, -0.25) is 4.79 Å². The van der Waals surface area contributed by atoms with Crippen LogP contribution in [0.5, 0.6) is 11.6 Å². The lowest BCUT2D eigenvalue weighted by Gasteiger charge is -2.23. The quantitative estimate of drug-likeness (QED) is 0.662. The van der Waals surface area contributed by atoms with Crippen molar-refractivity contribution in [2.45, 2.75) is 31.9 Å². The van der Waals surface area contributed by atoms with E-state index >= 15 is 0 Å². The zero-order valence-electron chi connectivity index (χ0n) is 16.0. The monoisotopic (exact) mass is 442 g/mol. The highest BCUT2D eigenvalue weighted by atomic mass is 35.5. The number of ether oxygens (including phenoxy) is 3. The van der Waals surface area contributed by atoms with Gasteiger partial charge in [-0.1, -0.05) is 23.2 Å². The number of benzene rings is 1. The number of nitrogens with zero attached hydrogens (tertiary/aromatic N) is 1. The maximum absolute atomic E-state index is 13.8. The van der Waals surface area contributed by atoms with Crippen molar-refractivity contribution in [2.24, 2.45) is 0 Å². The Morgan fingerprint density at radius 3 is 2.76 bits per heavy atom. The summed E-state index contributed by atoms with van der Waals surface area (Å²) in [7, 11) is 1.43. The van der Waals surface area contributed by atoms with Gasteiger partial charge < -0.3 is 19.5 Å². The lowest BCUT2D eigenvalue weighted by Crippen LogP contribution is -2.39. The zero-order chi connectivity index (χ0) is 21.0. The number of halogens is 3. The smallest absolute Gasteiger partial charge is 0.257 e. The Bertz CT molecular complexity index is 891. The molecule has 1 atom stereocenters. The molecule has 9 heteroatoms. The second-order valence-corrected chi connectivity index (χ2v) is 7.39. The lowest BCUT2D eigenvalue weighted by molar-refractivity contribution is 0.0694. The van der Waals surface area contributed by atoms with Gasteiger partial charge in [-0.05, 0) is 38.0 Å². The summed E-state index contributed by atoms with van der Waals surface area (Å²) in [5, 5.41) is 3.13. The number of amides is 1. The minimum Gasteiger partial charge on any atom is -0.484 e. The second kappa shape index (κ2) is 9.61. The second-order valence-electron chi connectivity index (χ2n) is 6.60. The van der Waals surface area contributed by atoms with Gasteiger partial charge in [0.2, 0.25) is 5.88 Å². The van der Waals surface area contributed by atoms with Crippen molar-refractivity contribution >= 4 is 29.1 Å². The Labute approximate surface area is 178 Å². The molecular weight excluding hydrogens is 422 g/mol. The molecule has 2 heterocycles. The molecule has 1 aliphatic heterocycles. The molecule has 3 rings (SSSR count). The Morgan fingerprint density at radius 2 is 2.07 bits per heavy atom. The first-order valence-electron chi connectivity index (χ1n) is 9.13. The number of hydrogen-bond acceptors (Lipinski definition) is 5. The van der Waals surface area contributed by atoms with Gasteiger partial charge >= 0.3 is 0 Å². The first-order chi connectivity index (χ1) is 13.9. The fourth-order valence-electron chi connectivity index (χ4n) is 3.11. The molecule has 1 aromatic heterocycles. The SMILES string of the molecule is COc1ncc(O[C@H](C)c2c(Cl)ccc(F)c2Cl)cc1C(=O)NC1CCOCC1. The van der Waals surface area contributed by atoms with E-state index in [4.69, 9.17) is 37.4 Å². The molecule has 2 aromatic rings. The van der Waals surface area contributed by atoms with E-state index < -0.39 is 11.9 Å². The molecule has 1 aliphatic rings. The van der Waals surface area contributed by atoms with Gasteiger partial charge in [0.15, 0.2) is 0 Å². The molecule has 1 saturated heterocycles. The topological polar surface area (TPSA) is 69.7 Å².